The molecule has 1 aliphatic rings. The van der Waals surface area contributed by atoms with Gasteiger partial charge >= 0.3 is 0 Å². The van der Waals surface area contributed by atoms with Gasteiger partial charge in [0.05, 0.1) is 0 Å². The molecule has 0 aromatic heterocycles. The number of aryl methyl sites for hydroxylation is 1. The van der Waals surface area contributed by atoms with Crippen LogP contribution in [0.25, 0.3) is 0 Å². The van der Waals surface area contributed by atoms with Crippen molar-refractivity contribution in [3.05, 3.63) is 29.3 Å². The van der Waals surface area contributed by atoms with E-state index in [9.17, 15) is 9.90 Å². The van der Waals surface area contributed by atoms with E-state index in [1.807, 2.05) is 0 Å². The highest BCUT2D eigenvalue weighted by molar-refractivity contribution is 5.94. The van der Waals surface area contributed by atoms with Crippen molar-refractivity contribution in [1.82, 2.24) is 15.1 Å². The Balaban J connectivity index is 1.92. The fourth-order valence-corrected chi connectivity index (χ4v) is 2.43. The van der Waals surface area contributed by atoms with Gasteiger partial charge < -0.3 is 15.3 Å². The number of benzene rings is 1. The Morgan fingerprint density at radius 2 is 2.15 bits per heavy atom. The average molecular weight is 277 g/mol. The Hall–Kier alpha value is -1.59. The number of piperazine rings is 1. The summed E-state index contributed by atoms with van der Waals surface area (Å²) < 4.78 is 0. The monoisotopic (exact) mass is 277 g/mol. The Bertz CT molecular complexity index is 490. The summed E-state index contributed by atoms with van der Waals surface area (Å²) in [6, 6.07) is 5.26. The van der Waals surface area contributed by atoms with Crippen LogP contribution in [0.2, 0.25) is 0 Å². The number of rotatable bonds is 3. The molecule has 110 valence electrons. The zero-order chi connectivity index (χ0) is 14.7. The molecule has 0 saturated carbocycles. The summed E-state index contributed by atoms with van der Waals surface area (Å²) >= 11 is 0. The van der Waals surface area contributed by atoms with Crippen LogP contribution in [-0.2, 0) is 0 Å². The van der Waals surface area contributed by atoms with Gasteiger partial charge in [0.15, 0.2) is 0 Å². The number of hydrogen-bond donors (Lipinski definition) is 2. The summed E-state index contributed by atoms with van der Waals surface area (Å²) in [6.45, 7) is 5.48. The van der Waals surface area contributed by atoms with E-state index < -0.39 is 0 Å². The summed E-state index contributed by atoms with van der Waals surface area (Å²) in [6.07, 6.45) is 0. The van der Waals surface area contributed by atoms with E-state index in [0.717, 1.165) is 19.6 Å². The quantitative estimate of drug-likeness (QED) is 0.853. The van der Waals surface area contributed by atoms with Crippen molar-refractivity contribution >= 4 is 5.91 Å². The maximum atomic E-state index is 12.1. The highest BCUT2D eigenvalue weighted by Gasteiger charge is 2.22. The van der Waals surface area contributed by atoms with Gasteiger partial charge in [0.1, 0.15) is 5.75 Å². The van der Waals surface area contributed by atoms with Gasteiger partial charge in [-0.3, -0.25) is 9.69 Å². The van der Waals surface area contributed by atoms with E-state index in [4.69, 9.17) is 0 Å². The van der Waals surface area contributed by atoms with Crippen LogP contribution in [-0.4, -0.2) is 67.1 Å². The third-order valence-corrected chi connectivity index (χ3v) is 3.94. The lowest BCUT2D eigenvalue weighted by Crippen LogP contribution is -2.54. The van der Waals surface area contributed by atoms with Crippen LogP contribution < -0.4 is 5.32 Å². The minimum Gasteiger partial charge on any atom is -0.508 e. The van der Waals surface area contributed by atoms with Crippen LogP contribution >= 0.6 is 0 Å². The molecule has 1 aromatic rings. The number of nitrogens with one attached hydrogen (secondary N) is 1. The van der Waals surface area contributed by atoms with Crippen molar-refractivity contribution in [2.75, 3.05) is 40.3 Å². The lowest BCUT2D eigenvalue weighted by atomic mass is 10.1. The molecule has 1 unspecified atom stereocenters. The normalized spacial score (nSPS) is 20.9. The molecule has 1 fully saturated rings. The second kappa shape index (κ2) is 6.24. The molecule has 0 radical (unpaired) electrons. The minimum absolute atomic E-state index is 0.0882. The molecule has 1 heterocycles. The van der Waals surface area contributed by atoms with Crippen LogP contribution in [0.5, 0.6) is 5.75 Å². The first-order valence-electron chi connectivity index (χ1n) is 6.94. The third kappa shape index (κ3) is 3.49. The van der Waals surface area contributed by atoms with Crippen LogP contribution in [0.4, 0.5) is 0 Å². The lowest BCUT2D eigenvalue weighted by Gasteiger charge is -2.37. The number of phenolic OH excluding ortho intramolecular Hbond substituents is 1. The van der Waals surface area contributed by atoms with Crippen molar-refractivity contribution < 1.29 is 9.90 Å². The van der Waals surface area contributed by atoms with E-state index in [2.05, 4.69) is 29.2 Å². The standard InChI is InChI=1S/C15H23N3O2/c1-11-8-12(4-5-14(11)19)15(20)16-9-13-10-17(2)6-7-18(13)3/h4-5,8,13,19H,6-7,9-10H2,1-3H3,(H,16,20). The summed E-state index contributed by atoms with van der Waals surface area (Å²) in [5, 5.41) is 12.5. The van der Waals surface area contributed by atoms with Crippen LogP contribution in [0.15, 0.2) is 18.2 Å². The summed E-state index contributed by atoms with van der Waals surface area (Å²) in [5.41, 5.74) is 1.30. The molecule has 0 aliphatic carbocycles. The number of carbonyl (C=O) groups excluding carboxylic acids is 1. The van der Waals surface area contributed by atoms with Crippen molar-refractivity contribution in [3.63, 3.8) is 0 Å². The molecule has 1 aromatic carbocycles. The van der Waals surface area contributed by atoms with E-state index in [0.29, 0.717) is 23.7 Å². The third-order valence-electron chi connectivity index (χ3n) is 3.94. The van der Waals surface area contributed by atoms with Gasteiger partial charge in [0.25, 0.3) is 5.91 Å². The summed E-state index contributed by atoms with van der Waals surface area (Å²) in [7, 11) is 4.19. The van der Waals surface area contributed by atoms with E-state index in [-0.39, 0.29) is 11.7 Å². The Morgan fingerprint density at radius 3 is 2.85 bits per heavy atom. The molecular formula is C15H23N3O2. The van der Waals surface area contributed by atoms with Gasteiger partial charge in [0.2, 0.25) is 0 Å². The summed E-state index contributed by atoms with van der Waals surface area (Å²) in [4.78, 5) is 16.7. The van der Waals surface area contributed by atoms with E-state index in [1.54, 1.807) is 25.1 Å². The maximum absolute atomic E-state index is 12.1. The summed E-state index contributed by atoms with van der Waals surface area (Å²) in [5.74, 6) is 0.130. The highest BCUT2D eigenvalue weighted by atomic mass is 16.3. The Labute approximate surface area is 120 Å². The average Bonchev–Trinajstić information content (AvgIpc) is 2.42. The topological polar surface area (TPSA) is 55.8 Å². The van der Waals surface area contributed by atoms with Gasteiger partial charge in [-0.2, -0.15) is 0 Å². The maximum Gasteiger partial charge on any atom is 0.251 e. The van der Waals surface area contributed by atoms with E-state index >= 15 is 0 Å². The Kier molecular flexibility index (Phi) is 4.62. The number of amides is 1. The fourth-order valence-electron chi connectivity index (χ4n) is 2.43. The lowest BCUT2D eigenvalue weighted by molar-refractivity contribution is 0.0881. The predicted octanol–water partition coefficient (Wildman–Crippen LogP) is 0.676. The molecule has 5 heteroatoms. The molecule has 1 amide bonds. The molecule has 5 nitrogen and oxygen atoms in total. The number of hydrogen-bond acceptors (Lipinski definition) is 4. The largest absolute Gasteiger partial charge is 0.508 e. The molecule has 0 bridgehead atoms. The van der Waals surface area contributed by atoms with Crippen LogP contribution in [0.3, 0.4) is 0 Å². The van der Waals surface area contributed by atoms with Gasteiger partial charge in [-0.1, -0.05) is 0 Å². The SMILES string of the molecule is Cc1cc(C(=O)NCC2CN(C)CCN2C)ccc1O. The molecule has 1 saturated heterocycles. The number of likely N-dealkylation sites (N-methyl/N-ethyl adjacent to an activating group) is 2. The molecule has 1 atom stereocenters. The van der Waals surface area contributed by atoms with Gasteiger partial charge in [-0.05, 0) is 44.8 Å². The van der Waals surface area contributed by atoms with Crippen molar-refractivity contribution in [2.45, 2.75) is 13.0 Å². The number of phenols is 1. The zero-order valence-electron chi connectivity index (χ0n) is 12.4. The van der Waals surface area contributed by atoms with Crippen molar-refractivity contribution in [2.24, 2.45) is 0 Å². The zero-order valence-corrected chi connectivity index (χ0v) is 12.4. The smallest absolute Gasteiger partial charge is 0.251 e. The number of carbonyl (C=O) groups is 1. The van der Waals surface area contributed by atoms with Crippen molar-refractivity contribution in [3.8, 4) is 5.75 Å². The highest BCUT2D eigenvalue weighted by Crippen LogP contribution is 2.16. The first-order valence-corrected chi connectivity index (χ1v) is 6.94. The minimum atomic E-state index is -0.0882. The molecule has 0 spiro atoms. The van der Waals surface area contributed by atoms with Gasteiger partial charge in [-0.25, -0.2) is 0 Å². The first kappa shape index (κ1) is 14.8. The van der Waals surface area contributed by atoms with Crippen molar-refractivity contribution in [1.29, 1.82) is 0 Å². The second-order valence-electron chi connectivity index (χ2n) is 5.61. The molecule has 2 N–H and O–H groups in total. The van der Waals surface area contributed by atoms with E-state index in [1.165, 1.54) is 0 Å². The molecule has 20 heavy (non-hydrogen) atoms. The molecule has 2 rings (SSSR count). The van der Waals surface area contributed by atoms with Gasteiger partial charge in [-0.15, -0.1) is 0 Å². The second-order valence-corrected chi connectivity index (χ2v) is 5.61. The number of nitrogens with zero attached hydrogens (tertiary/aromatic N) is 2. The Morgan fingerprint density at radius 1 is 1.40 bits per heavy atom. The predicted molar refractivity (Wildman–Crippen MR) is 79.1 cm³/mol. The molecular weight excluding hydrogens is 254 g/mol. The first-order chi connectivity index (χ1) is 9.47. The molecule has 1 aliphatic heterocycles. The number of aromatic hydroxyl groups is 1. The fraction of sp³-hybridized carbons (Fsp3) is 0.533. The van der Waals surface area contributed by atoms with Crippen LogP contribution in [0, 0.1) is 6.92 Å². The van der Waals surface area contributed by atoms with Gasteiger partial charge in [0, 0.05) is 37.8 Å². The van der Waals surface area contributed by atoms with Crippen LogP contribution in [0.1, 0.15) is 15.9 Å².